The zero-order valence-corrected chi connectivity index (χ0v) is 21.1. The smallest absolute Gasteiger partial charge is 0.326 e. The third-order valence-electron chi connectivity index (χ3n) is 6.15. The fourth-order valence-corrected chi connectivity index (χ4v) is 5.30. The molecule has 2 N–H and O–H groups in total. The largest absolute Gasteiger partial charge is 0.492 e. The molecule has 1 saturated heterocycles. The number of benzene rings is 2. The van der Waals surface area contributed by atoms with Crippen molar-refractivity contribution in [3.05, 3.63) is 60.4 Å². The maximum atomic E-state index is 12.3. The highest BCUT2D eigenvalue weighted by molar-refractivity contribution is 7.23. The number of morpholine rings is 1. The van der Waals surface area contributed by atoms with Crippen LogP contribution in [0, 0.1) is 6.92 Å². The van der Waals surface area contributed by atoms with Gasteiger partial charge in [0.25, 0.3) is 0 Å². The van der Waals surface area contributed by atoms with E-state index in [4.69, 9.17) is 19.0 Å². The number of fused-ring (bicyclic) bond motifs is 3. The average molecular weight is 519 g/mol. The average Bonchev–Trinajstić information content (AvgIpc) is 3.59. The van der Waals surface area contributed by atoms with Gasteiger partial charge in [-0.1, -0.05) is 16.5 Å². The van der Waals surface area contributed by atoms with Crippen LogP contribution in [0.4, 0.5) is 16.4 Å². The maximum Gasteiger partial charge on any atom is 0.326 e. The molecule has 0 aliphatic carbocycles. The van der Waals surface area contributed by atoms with Gasteiger partial charge in [-0.25, -0.2) is 9.78 Å². The van der Waals surface area contributed by atoms with Crippen LogP contribution in [-0.4, -0.2) is 64.9 Å². The third-order valence-corrected chi connectivity index (χ3v) is 7.16. The molecule has 37 heavy (non-hydrogen) atoms. The molecular weight excluding hydrogens is 492 g/mol. The number of hydrogen-bond acceptors (Lipinski definition) is 8. The van der Waals surface area contributed by atoms with Gasteiger partial charge >= 0.3 is 6.03 Å². The number of aromatic nitrogens is 3. The van der Waals surface area contributed by atoms with Gasteiger partial charge in [0, 0.05) is 43.1 Å². The highest BCUT2D eigenvalue weighted by atomic mass is 32.1. The molecule has 2 aromatic carbocycles. The number of carbonyl (C=O) groups excluding carboxylic acids is 1. The van der Waals surface area contributed by atoms with Crippen molar-refractivity contribution < 1.29 is 18.8 Å². The summed E-state index contributed by atoms with van der Waals surface area (Å²) in [6.45, 7) is 6.87. The van der Waals surface area contributed by atoms with Gasteiger partial charge < -0.3 is 19.3 Å². The standard InChI is InChI=1S/C26H26N6O4S/c1-17-14-24(36-30-17)29-25(33)27-19-4-7-22-23(15-19)37-26-28-21(16-32(22)26)18-2-5-20(6-3-18)35-13-10-31-8-11-34-12-9-31/h2-7,14-16H,8-13H2,1H3,(H2,27,29,33). The number of anilines is 2. The molecule has 10 nitrogen and oxygen atoms in total. The van der Waals surface area contributed by atoms with E-state index in [0.717, 1.165) is 65.0 Å². The van der Waals surface area contributed by atoms with Gasteiger partial charge in [-0.3, -0.25) is 14.6 Å². The van der Waals surface area contributed by atoms with E-state index in [9.17, 15) is 4.79 Å². The van der Waals surface area contributed by atoms with E-state index in [1.165, 1.54) is 0 Å². The Hall–Kier alpha value is -3.93. The summed E-state index contributed by atoms with van der Waals surface area (Å²) in [5.74, 6) is 1.15. The molecule has 0 saturated carbocycles. The number of urea groups is 1. The fraction of sp³-hybridized carbons (Fsp3) is 0.269. The second-order valence-corrected chi connectivity index (χ2v) is 9.81. The van der Waals surface area contributed by atoms with Crippen LogP contribution in [0.15, 0.2) is 59.3 Å². The summed E-state index contributed by atoms with van der Waals surface area (Å²) in [5, 5.41) is 9.21. The Bertz CT molecular complexity index is 1530. The van der Waals surface area contributed by atoms with Crippen molar-refractivity contribution in [2.24, 2.45) is 0 Å². The molecular formula is C26H26N6O4S. The van der Waals surface area contributed by atoms with Crippen LogP contribution in [0.5, 0.6) is 5.75 Å². The van der Waals surface area contributed by atoms with E-state index in [1.54, 1.807) is 24.3 Å². The van der Waals surface area contributed by atoms with Crippen LogP contribution in [0.2, 0.25) is 0 Å². The number of thiazole rings is 1. The van der Waals surface area contributed by atoms with Crippen molar-refractivity contribution in [3.63, 3.8) is 0 Å². The Morgan fingerprint density at radius 2 is 1.95 bits per heavy atom. The van der Waals surface area contributed by atoms with Crippen molar-refractivity contribution in [1.82, 2.24) is 19.4 Å². The molecule has 0 unspecified atom stereocenters. The molecule has 3 aromatic heterocycles. The van der Waals surface area contributed by atoms with E-state index >= 15 is 0 Å². The fourth-order valence-electron chi connectivity index (χ4n) is 4.25. The Morgan fingerprint density at radius 3 is 2.73 bits per heavy atom. The van der Waals surface area contributed by atoms with Crippen LogP contribution in [0.1, 0.15) is 5.69 Å². The number of carbonyl (C=O) groups is 1. The molecule has 6 rings (SSSR count). The first kappa shape index (κ1) is 23.5. The van der Waals surface area contributed by atoms with E-state index in [2.05, 4.69) is 25.1 Å². The maximum absolute atomic E-state index is 12.3. The van der Waals surface area contributed by atoms with Gasteiger partial charge in [-0.15, -0.1) is 0 Å². The van der Waals surface area contributed by atoms with Gasteiger partial charge in [-0.05, 0) is 49.4 Å². The van der Waals surface area contributed by atoms with Gasteiger partial charge in [0.15, 0.2) is 4.96 Å². The second-order valence-electron chi connectivity index (χ2n) is 8.80. The lowest BCUT2D eigenvalue weighted by molar-refractivity contribution is 0.0322. The van der Waals surface area contributed by atoms with E-state index in [0.29, 0.717) is 23.9 Å². The predicted molar refractivity (Wildman–Crippen MR) is 143 cm³/mol. The molecule has 4 heterocycles. The number of amides is 2. The number of nitrogens with zero attached hydrogens (tertiary/aromatic N) is 4. The lowest BCUT2D eigenvalue weighted by Gasteiger charge is -2.26. The first-order valence-electron chi connectivity index (χ1n) is 12.1. The Kier molecular flexibility index (Phi) is 6.47. The lowest BCUT2D eigenvalue weighted by atomic mass is 10.1. The van der Waals surface area contributed by atoms with Gasteiger partial charge in [0.2, 0.25) is 5.88 Å². The number of hydrogen-bond donors (Lipinski definition) is 2. The van der Waals surface area contributed by atoms with Gasteiger partial charge in [0.1, 0.15) is 12.4 Å². The van der Waals surface area contributed by atoms with Gasteiger partial charge in [0.05, 0.1) is 34.8 Å². The number of nitrogens with one attached hydrogen (secondary N) is 2. The number of ether oxygens (including phenoxy) is 2. The highest BCUT2D eigenvalue weighted by Crippen LogP contribution is 2.31. The zero-order valence-electron chi connectivity index (χ0n) is 20.3. The summed E-state index contributed by atoms with van der Waals surface area (Å²) in [6, 6.07) is 15.1. The van der Waals surface area contributed by atoms with E-state index in [-0.39, 0.29) is 0 Å². The van der Waals surface area contributed by atoms with Crippen LogP contribution in [-0.2, 0) is 4.74 Å². The first-order chi connectivity index (χ1) is 18.1. The summed E-state index contributed by atoms with van der Waals surface area (Å²) < 4.78 is 19.4. The molecule has 1 fully saturated rings. The second kappa shape index (κ2) is 10.2. The van der Waals surface area contributed by atoms with Crippen LogP contribution in [0.3, 0.4) is 0 Å². The minimum absolute atomic E-state index is 0.297. The molecule has 0 atom stereocenters. The Balaban J connectivity index is 1.11. The van der Waals surface area contributed by atoms with Crippen molar-refractivity contribution in [2.75, 3.05) is 50.1 Å². The number of rotatable bonds is 7. The van der Waals surface area contributed by atoms with Crippen molar-refractivity contribution >= 4 is 44.1 Å². The first-order valence-corrected chi connectivity index (χ1v) is 12.9. The molecule has 0 bridgehead atoms. The molecule has 2 amide bonds. The SMILES string of the molecule is Cc1cc(NC(=O)Nc2ccc3c(c2)sc2nc(-c4ccc(OCCN5CCOCC5)cc4)cn23)on1. The van der Waals surface area contributed by atoms with Crippen LogP contribution < -0.4 is 15.4 Å². The topological polar surface area (TPSA) is 106 Å². The molecule has 1 aliphatic rings. The Morgan fingerprint density at radius 1 is 1.11 bits per heavy atom. The van der Waals surface area contributed by atoms with E-state index < -0.39 is 6.03 Å². The van der Waals surface area contributed by atoms with Crippen LogP contribution in [0.25, 0.3) is 26.4 Å². The highest BCUT2D eigenvalue weighted by Gasteiger charge is 2.13. The normalized spacial score (nSPS) is 14.3. The summed E-state index contributed by atoms with van der Waals surface area (Å²) in [7, 11) is 0. The minimum atomic E-state index is -0.396. The lowest BCUT2D eigenvalue weighted by Crippen LogP contribution is -2.38. The summed E-state index contributed by atoms with van der Waals surface area (Å²) in [6.07, 6.45) is 2.04. The molecule has 190 valence electrons. The summed E-state index contributed by atoms with van der Waals surface area (Å²) in [5.41, 5.74) is 4.33. The van der Waals surface area contributed by atoms with Crippen molar-refractivity contribution in [2.45, 2.75) is 6.92 Å². The molecule has 0 spiro atoms. The van der Waals surface area contributed by atoms with E-state index in [1.807, 2.05) is 48.7 Å². The summed E-state index contributed by atoms with van der Waals surface area (Å²) in [4.78, 5) is 20.3. The number of imidazole rings is 1. The van der Waals surface area contributed by atoms with Crippen LogP contribution >= 0.6 is 11.3 Å². The van der Waals surface area contributed by atoms with Crippen molar-refractivity contribution in [3.8, 4) is 17.0 Å². The zero-order chi connectivity index (χ0) is 25.2. The molecule has 0 radical (unpaired) electrons. The Labute approximate surface area is 216 Å². The number of aryl methyl sites for hydroxylation is 1. The summed E-state index contributed by atoms with van der Waals surface area (Å²) >= 11 is 1.57. The molecule has 11 heteroatoms. The monoisotopic (exact) mass is 518 g/mol. The predicted octanol–water partition coefficient (Wildman–Crippen LogP) is 4.87. The quantitative estimate of drug-likeness (QED) is 0.317. The molecule has 5 aromatic rings. The minimum Gasteiger partial charge on any atom is -0.492 e. The third kappa shape index (κ3) is 5.29. The molecule has 1 aliphatic heterocycles. The van der Waals surface area contributed by atoms with Crippen molar-refractivity contribution in [1.29, 1.82) is 0 Å². The van der Waals surface area contributed by atoms with Gasteiger partial charge in [-0.2, -0.15) is 0 Å².